The van der Waals surface area contributed by atoms with Gasteiger partial charge in [0, 0.05) is 11.8 Å². The van der Waals surface area contributed by atoms with Gasteiger partial charge in [0.1, 0.15) is 17.1 Å². The van der Waals surface area contributed by atoms with E-state index in [0.29, 0.717) is 16.5 Å². The number of thioether (sulfide) groups is 1. The highest BCUT2D eigenvalue weighted by Gasteiger charge is 2.15. The van der Waals surface area contributed by atoms with Crippen molar-refractivity contribution in [3.05, 3.63) is 41.6 Å². The molecule has 1 aromatic carbocycles. The van der Waals surface area contributed by atoms with E-state index in [0.717, 1.165) is 11.8 Å². The van der Waals surface area contributed by atoms with Crippen LogP contribution in [0.15, 0.2) is 35.6 Å². The largest absolute Gasteiger partial charge is 0.497 e. The lowest BCUT2D eigenvalue weighted by Gasteiger charge is -2.06. The highest BCUT2D eigenvalue weighted by atomic mass is 32.2. The van der Waals surface area contributed by atoms with Crippen LogP contribution in [0.3, 0.4) is 0 Å². The van der Waals surface area contributed by atoms with Crippen LogP contribution >= 0.6 is 11.8 Å². The molecule has 0 amide bonds. The van der Waals surface area contributed by atoms with Crippen molar-refractivity contribution in [2.75, 3.05) is 25.2 Å². The number of benzene rings is 1. The molecule has 0 atom stereocenters. The third-order valence-corrected chi connectivity index (χ3v) is 3.88. The summed E-state index contributed by atoms with van der Waals surface area (Å²) < 4.78 is 9.95. The molecule has 2 aromatic rings. The first-order valence-corrected chi connectivity index (χ1v) is 8.13. The smallest absolute Gasteiger partial charge is 0.343 e. The summed E-state index contributed by atoms with van der Waals surface area (Å²) in [6, 6.07) is 6.90. The van der Waals surface area contributed by atoms with Gasteiger partial charge in [0.15, 0.2) is 10.9 Å². The highest BCUT2D eigenvalue weighted by molar-refractivity contribution is 7.99. The minimum Gasteiger partial charge on any atom is -0.497 e. The fourth-order valence-electron chi connectivity index (χ4n) is 1.82. The van der Waals surface area contributed by atoms with Crippen molar-refractivity contribution in [3.63, 3.8) is 0 Å². The second-order valence-corrected chi connectivity index (χ2v) is 5.56. The van der Waals surface area contributed by atoms with Crippen LogP contribution in [0.4, 0.5) is 5.82 Å². The summed E-state index contributed by atoms with van der Waals surface area (Å²) in [4.78, 5) is 31.9. The number of rotatable bonds is 7. The maximum atomic E-state index is 12.2. The summed E-state index contributed by atoms with van der Waals surface area (Å²) in [6.07, 6.45) is 1.30. The quantitative estimate of drug-likeness (QED) is 0.352. The fourth-order valence-corrected chi connectivity index (χ4v) is 2.54. The van der Waals surface area contributed by atoms with Crippen molar-refractivity contribution in [2.24, 2.45) is 0 Å². The molecule has 0 aliphatic carbocycles. The van der Waals surface area contributed by atoms with Gasteiger partial charge in [-0.1, -0.05) is 23.9 Å². The van der Waals surface area contributed by atoms with Crippen LogP contribution in [0.25, 0.3) is 0 Å². The summed E-state index contributed by atoms with van der Waals surface area (Å²) in [5, 5.41) is 0.316. The second kappa shape index (κ2) is 8.30. The number of anilines is 1. The number of aromatic nitrogens is 2. The number of hydrogen-bond acceptors (Lipinski definition) is 8. The number of nitrogen functional groups attached to an aromatic ring is 1. The normalized spacial score (nSPS) is 10.2. The van der Waals surface area contributed by atoms with Crippen LogP contribution < -0.4 is 10.5 Å². The van der Waals surface area contributed by atoms with Gasteiger partial charge < -0.3 is 15.2 Å². The number of esters is 1. The van der Waals surface area contributed by atoms with E-state index >= 15 is 0 Å². The van der Waals surface area contributed by atoms with Crippen LogP contribution in [0.1, 0.15) is 27.6 Å². The first-order chi connectivity index (χ1) is 11.5. The molecule has 1 heterocycles. The Bertz CT molecular complexity index is 752. The van der Waals surface area contributed by atoms with Gasteiger partial charge >= 0.3 is 5.97 Å². The lowest BCUT2D eigenvalue weighted by Crippen LogP contribution is -2.11. The third-order valence-electron chi connectivity index (χ3n) is 3.02. The molecule has 0 aliphatic heterocycles. The Morgan fingerprint density at radius 3 is 2.79 bits per heavy atom. The summed E-state index contributed by atoms with van der Waals surface area (Å²) in [5.41, 5.74) is 6.39. The number of ether oxygens (including phenoxy) is 2. The second-order valence-electron chi connectivity index (χ2n) is 4.62. The Kier molecular flexibility index (Phi) is 6.14. The van der Waals surface area contributed by atoms with Crippen LogP contribution in [0.2, 0.25) is 0 Å². The Labute approximate surface area is 143 Å². The minimum absolute atomic E-state index is 0.0276. The van der Waals surface area contributed by atoms with E-state index in [4.69, 9.17) is 15.2 Å². The lowest BCUT2D eigenvalue weighted by molar-refractivity contribution is 0.0526. The molecule has 126 valence electrons. The first kappa shape index (κ1) is 17.7. The van der Waals surface area contributed by atoms with Gasteiger partial charge in [-0.3, -0.25) is 4.79 Å². The molecule has 2 rings (SSSR count). The van der Waals surface area contributed by atoms with Crippen LogP contribution in [-0.2, 0) is 4.74 Å². The van der Waals surface area contributed by atoms with Gasteiger partial charge in [-0.05, 0) is 19.1 Å². The van der Waals surface area contributed by atoms with Crippen molar-refractivity contribution in [3.8, 4) is 5.75 Å². The standard InChI is InChI=1S/C16H17N3O4S/c1-3-23-15(21)12-8-18-16(19-14(12)17)24-9-13(20)10-5-4-6-11(7-10)22-2/h4-8H,3,9H2,1-2H3,(H2,17,18,19). The third kappa shape index (κ3) is 4.45. The number of methoxy groups -OCH3 is 1. The molecule has 2 N–H and O–H groups in total. The van der Waals surface area contributed by atoms with E-state index < -0.39 is 5.97 Å². The van der Waals surface area contributed by atoms with E-state index in [2.05, 4.69) is 9.97 Å². The van der Waals surface area contributed by atoms with Crippen molar-refractivity contribution >= 4 is 29.3 Å². The number of hydrogen-bond donors (Lipinski definition) is 1. The molecule has 0 fully saturated rings. The topological polar surface area (TPSA) is 104 Å². The minimum atomic E-state index is -0.570. The number of carbonyl (C=O) groups excluding carboxylic acids is 2. The van der Waals surface area contributed by atoms with Gasteiger partial charge in [-0.15, -0.1) is 0 Å². The number of ketones is 1. The summed E-state index contributed by atoms with van der Waals surface area (Å²) in [5.74, 6) is 0.130. The predicted octanol–water partition coefficient (Wildman–Crippen LogP) is 2.22. The summed E-state index contributed by atoms with van der Waals surface area (Å²) >= 11 is 1.14. The Morgan fingerprint density at radius 1 is 1.33 bits per heavy atom. The van der Waals surface area contributed by atoms with Gasteiger partial charge in [0.05, 0.1) is 19.5 Å². The van der Waals surface area contributed by atoms with Gasteiger partial charge in [-0.2, -0.15) is 0 Å². The van der Waals surface area contributed by atoms with E-state index in [1.807, 2.05) is 0 Å². The Morgan fingerprint density at radius 2 is 2.12 bits per heavy atom. The maximum Gasteiger partial charge on any atom is 0.343 e. The SMILES string of the molecule is CCOC(=O)c1cnc(SCC(=O)c2cccc(OC)c2)nc1N. The molecule has 0 spiro atoms. The van der Waals surface area contributed by atoms with Crippen molar-refractivity contribution in [2.45, 2.75) is 12.1 Å². The van der Waals surface area contributed by atoms with Crippen LogP contribution in [-0.4, -0.2) is 41.2 Å². The molecule has 8 heteroatoms. The van der Waals surface area contributed by atoms with E-state index in [-0.39, 0.29) is 29.5 Å². The number of carbonyl (C=O) groups is 2. The van der Waals surface area contributed by atoms with Crippen molar-refractivity contribution < 1.29 is 19.1 Å². The van der Waals surface area contributed by atoms with Gasteiger partial charge in [-0.25, -0.2) is 14.8 Å². The van der Waals surface area contributed by atoms with Gasteiger partial charge in [0.2, 0.25) is 0 Å². The van der Waals surface area contributed by atoms with Crippen LogP contribution in [0.5, 0.6) is 5.75 Å². The number of Topliss-reactive ketones (excluding diaryl/α,β-unsaturated/α-hetero) is 1. The zero-order valence-corrected chi connectivity index (χ0v) is 14.1. The zero-order valence-electron chi connectivity index (χ0n) is 13.3. The molecule has 7 nitrogen and oxygen atoms in total. The molecule has 0 saturated carbocycles. The predicted molar refractivity (Wildman–Crippen MR) is 90.4 cm³/mol. The van der Waals surface area contributed by atoms with Crippen molar-refractivity contribution in [1.29, 1.82) is 0 Å². The number of nitrogens with zero attached hydrogens (tertiary/aromatic N) is 2. The Balaban J connectivity index is 2.02. The molecule has 0 bridgehead atoms. The molecular formula is C16H17N3O4S. The molecule has 1 aromatic heterocycles. The van der Waals surface area contributed by atoms with Crippen molar-refractivity contribution in [1.82, 2.24) is 9.97 Å². The van der Waals surface area contributed by atoms with Gasteiger partial charge in [0.25, 0.3) is 0 Å². The number of nitrogens with two attached hydrogens (primary N) is 1. The summed E-state index contributed by atoms with van der Waals surface area (Å²) in [6.45, 7) is 1.94. The zero-order chi connectivity index (χ0) is 17.5. The molecule has 0 saturated heterocycles. The molecule has 24 heavy (non-hydrogen) atoms. The van der Waals surface area contributed by atoms with E-state index in [9.17, 15) is 9.59 Å². The average molecular weight is 347 g/mol. The average Bonchev–Trinajstić information content (AvgIpc) is 2.60. The first-order valence-electron chi connectivity index (χ1n) is 7.14. The maximum absolute atomic E-state index is 12.2. The van der Waals surface area contributed by atoms with Crippen LogP contribution in [0, 0.1) is 0 Å². The summed E-state index contributed by atoms with van der Waals surface area (Å²) in [7, 11) is 1.54. The molecule has 0 radical (unpaired) electrons. The fraction of sp³-hybridized carbons (Fsp3) is 0.250. The lowest BCUT2D eigenvalue weighted by atomic mass is 10.1. The monoisotopic (exact) mass is 347 g/mol. The molecule has 0 unspecified atom stereocenters. The highest BCUT2D eigenvalue weighted by Crippen LogP contribution is 2.20. The van der Waals surface area contributed by atoms with E-state index in [1.165, 1.54) is 6.20 Å². The molecule has 0 aliphatic rings. The molecular weight excluding hydrogens is 330 g/mol. The van der Waals surface area contributed by atoms with E-state index in [1.54, 1.807) is 38.3 Å². The Hall–Kier alpha value is -2.61.